The van der Waals surface area contributed by atoms with Crippen molar-refractivity contribution in [3.05, 3.63) is 72.8 Å². The lowest BCUT2D eigenvalue weighted by Gasteiger charge is -2.61. The third-order valence-corrected chi connectivity index (χ3v) is 10.7. The predicted molar refractivity (Wildman–Crippen MR) is 179 cm³/mol. The Labute approximate surface area is 263 Å². The van der Waals surface area contributed by atoms with Crippen LogP contribution >= 0.6 is 23.2 Å². The molecule has 0 spiro atoms. The summed E-state index contributed by atoms with van der Waals surface area (Å²) in [5, 5.41) is 8.62. The third kappa shape index (κ3) is 6.11. The number of rotatable bonds is 5. The highest BCUT2D eigenvalue weighted by atomic mass is 35.5. The Kier molecular flexibility index (Phi) is 9.04. The van der Waals surface area contributed by atoms with Crippen LogP contribution in [0.1, 0.15) is 53.5 Å². The maximum absolute atomic E-state index is 13.3. The Morgan fingerprint density at radius 3 is 2.60 bits per heavy atom. The first kappa shape index (κ1) is 31.6. The average molecular weight is 628 g/mol. The molecule has 0 amide bonds. The van der Waals surface area contributed by atoms with Crippen LogP contribution in [0.2, 0.25) is 10.0 Å². The van der Waals surface area contributed by atoms with Crippen molar-refractivity contribution in [1.29, 1.82) is 0 Å². The monoisotopic (exact) mass is 626 g/mol. The standard InChI is InChI=1S/C32H40Cl2N6O2.CH4/c1-18-17-39(12-10-35-18)30(37-27-14-21-13-25(19(27)2)32(21,3)4)36-23-7-8-24-28(16-23)38-31(42)40(29(24)41)11-9-20-5-6-22(33)15-26(20)34;/h5-8,15-16,18-19,21,25,27,35H,9-14,17H2,1-4H3,(H,36,37)(H,38,42);1H4/t18-,19-,21+,25-,27-;/m0./s1. The normalized spacial score (nSPS) is 26.5. The Morgan fingerprint density at radius 2 is 1.91 bits per heavy atom. The van der Waals surface area contributed by atoms with E-state index in [1.807, 2.05) is 18.2 Å². The lowest BCUT2D eigenvalue weighted by molar-refractivity contribution is -0.108. The molecule has 0 radical (unpaired) electrons. The van der Waals surface area contributed by atoms with Crippen molar-refractivity contribution >= 4 is 45.8 Å². The van der Waals surface area contributed by atoms with Gasteiger partial charge < -0.3 is 20.5 Å². The third-order valence-electron chi connectivity index (χ3n) is 10.1. The summed E-state index contributed by atoms with van der Waals surface area (Å²) in [4.78, 5) is 37.0. The number of H-pyrrole nitrogens is 1. The summed E-state index contributed by atoms with van der Waals surface area (Å²) in [6, 6.07) is 11.4. The number of aliphatic imine (C=N–C) groups is 1. The number of aromatic amines is 1. The number of aryl methyl sites for hydroxylation is 1. The first-order valence-corrected chi connectivity index (χ1v) is 15.8. The molecule has 3 N–H and O–H groups in total. The summed E-state index contributed by atoms with van der Waals surface area (Å²) in [5.41, 5.74) is 1.75. The highest BCUT2D eigenvalue weighted by molar-refractivity contribution is 6.35. The number of hydrogen-bond acceptors (Lipinski definition) is 4. The largest absolute Gasteiger partial charge is 0.340 e. The maximum atomic E-state index is 13.3. The van der Waals surface area contributed by atoms with Crippen LogP contribution in [-0.2, 0) is 13.0 Å². The van der Waals surface area contributed by atoms with Crippen LogP contribution in [0.4, 0.5) is 5.69 Å². The molecule has 0 unspecified atom stereocenters. The van der Waals surface area contributed by atoms with Gasteiger partial charge in [-0.2, -0.15) is 0 Å². The van der Waals surface area contributed by atoms with Crippen LogP contribution in [-0.4, -0.2) is 52.1 Å². The molecule has 4 fully saturated rings. The second-order valence-electron chi connectivity index (χ2n) is 13.0. The van der Waals surface area contributed by atoms with Crippen LogP contribution < -0.4 is 21.9 Å². The molecule has 2 aromatic carbocycles. The van der Waals surface area contributed by atoms with E-state index in [1.54, 1.807) is 18.2 Å². The van der Waals surface area contributed by atoms with Crippen molar-refractivity contribution in [3.8, 4) is 0 Å². The molecule has 8 nitrogen and oxygen atoms in total. The fourth-order valence-electron chi connectivity index (χ4n) is 7.39. The van der Waals surface area contributed by atoms with Crippen LogP contribution in [0.15, 0.2) is 51.0 Å². The smallest absolute Gasteiger partial charge is 0.328 e. The molecule has 2 heterocycles. The average Bonchev–Trinajstić information content (AvgIpc) is 2.94. The van der Waals surface area contributed by atoms with Gasteiger partial charge in [0.2, 0.25) is 0 Å². The number of hydrogen-bond donors (Lipinski definition) is 3. The minimum Gasteiger partial charge on any atom is -0.340 e. The summed E-state index contributed by atoms with van der Waals surface area (Å²) in [5.74, 6) is 2.82. The Morgan fingerprint density at radius 1 is 1.12 bits per heavy atom. The Bertz CT molecular complexity index is 1650. The van der Waals surface area contributed by atoms with Gasteiger partial charge in [-0.25, -0.2) is 9.79 Å². The van der Waals surface area contributed by atoms with Crippen molar-refractivity contribution in [1.82, 2.24) is 19.8 Å². The molecule has 2 bridgehead atoms. The van der Waals surface area contributed by atoms with Gasteiger partial charge >= 0.3 is 5.69 Å². The number of benzene rings is 2. The molecule has 1 saturated heterocycles. The highest BCUT2D eigenvalue weighted by Gasteiger charge is 2.56. The van der Waals surface area contributed by atoms with E-state index in [0.29, 0.717) is 50.7 Å². The van der Waals surface area contributed by atoms with Gasteiger partial charge in [-0.1, -0.05) is 57.5 Å². The first-order valence-electron chi connectivity index (χ1n) is 15.0. The molecule has 3 aliphatic carbocycles. The number of nitrogens with one attached hydrogen (secondary N) is 3. The second-order valence-corrected chi connectivity index (χ2v) is 13.9. The first-order chi connectivity index (χ1) is 20.0. The quantitative estimate of drug-likeness (QED) is 0.238. The topological polar surface area (TPSA) is 94.5 Å². The lowest BCUT2D eigenvalue weighted by atomic mass is 9.45. The summed E-state index contributed by atoms with van der Waals surface area (Å²) in [6.45, 7) is 12.2. The number of fused-ring (bicyclic) bond motifs is 3. The minimum absolute atomic E-state index is 0. The van der Waals surface area contributed by atoms with E-state index < -0.39 is 5.69 Å². The van der Waals surface area contributed by atoms with Gasteiger partial charge in [-0.15, -0.1) is 0 Å². The molecule has 4 aliphatic rings. The molecule has 43 heavy (non-hydrogen) atoms. The van der Waals surface area contributed by atoms with Gasteiger partial charge in [0.1, 0.15) is 0 Å². The van der Waals surface area contributed by atoms with Gasteiger partial charge in [0.05, 0.1) is 16.9 Å². The van der Waals surface area contributed by atoms with Crippen molar-refractivity contribution in [3.63, 3.8) is 0 Å². The van der Waals surface area contributed by atoms with Crippen LogP contribution in [0.3, 0.4) is 0 Å². The van der Waals surface area contributed by atoms with Crippen molar-refractivity contribution in [2.75, 3.05) is 25.0 Å². The van der Waals surface area contributed by atoms with E-state index in [0.717, 1.165) is 49.2 Å². The van der Waals surface area contributed by atoms with Crippen molar-refractivity contribution in [2.45, 2.75) is 73.0 Å². The van der Waals surface area contributed by atoms with E-state index >= 15 is 0 Å². The summed E-state index contributed by atoms with van der Waals surface area (Å²) in [7, 11) is 0. The molecule has 7 rings (SSSR count). The summed E-state index contributed by atoms with van der Waals surface area (Å²) in [6.07, 6.45) is 2.87. The van der Waals surface area contributed by atoms with Gasteiger partial charge in [-0.3, -0.25) is 9.36 Å². The number of anilines is 1. The Hall–Kier alpha value is -2.81. The van der Waals surface area contributed by atoms with Gasteiger partial charge in [0.25, 0.3) is 5.56 Å². The molecule has 1 aliphatic heterocycles. The highest BCUT2D eigenvalue weighted by Crippen LogP contribution is 2.61. The maximum Gasteiger partial charge on any atom is 0.328 e. The predicted octanol–water partition coefficient (Wildman–Crippen LogP) is 6.01. The fourth-order valence-corrected chi connectivity index (χ4v) is 7.89. The zero-order valence-electron chi connectivity index (χ0n) is 24.7. The van der Waals surface area contributed by atoms with Crippen molar-refractivity contribution in [2.24, 2.45) is 28.2 Å². The number of aromatic nitrogens is 2. The van der Waals surface area contributed by atoms with E-state index in [4.69, 9.17) is 28.2 Å². The summed E-state index contributed by atoms with van der Waals surface area (Å²) < 4.78 is 1.23. The molecular formula is C33H44Cl2N6O2. The number of halogens is 2. The number of nitrogens with zero attached hydrogens (tertiary/aromatic N) is 3. The second kappa shape index (κ2) is 12.3. The Balaban J connectivity index is 0.00000368. The zero-order valence-corrected chi connectivity index (χ0v) is 26.2. The molecule has 3 aromatic rings. The lowest BCUT2D eigenvalue weighted by Crippen LogP contribution is -2.57. The minimum atomic E-state index is -0.447. The van der Waals surface area contributed by atoms with Gasteiger partial charge in [0.15, 0.2) is 5.96 Å². The molecule has 3 saturated carbocycles. The molecule has 10 heteroatoms. The van der Waals surface area contributed by atoms with Crippen LogP contribution in [0.5, 0.6) is 0 Å². The van der Waals surface area contributed by atoms with Crippen LogP contribution in [0.25, 0.3) is 10.9 Å². The van der Waals surface area contributed by atoms with Gasteiger partial charge in [0, 0.05) is 48.0 Å². The SMILES string of the molecule is C.C[C@@H]1[C@@H](N=C(Nc2ccc3c(=O)n(CCc4ccc(Cl)cc4Cl)c(=O)[nH]c3c2)N2CCN[C@@H](C)C2)C[C@H]2C[C@@H]1C2(C)C. The summed E-state index contributed by atoms with van der Waals surface area (Å²) >= 11 is 12.3. The molecule has 5 atom stereocenters. The number of guanidine groups is 1. The molecule has 232 valence electrons. The fraction of sp³-hybridized carbons (Fsp3) is 0.545. The zero-order chi connectivity index (χ0) is 29.8. The molecule has 1 aromatic heterocycles. The van der Waals surface area contributed by atoms with E-state index in [2.05, 4.69) is 48.2 Å². The van der Waals surface area contributed by atoms with E-state index in [-0.39, 0.29) is 25.6 Å². The number of piperazine rings is 1. The van der Waals surface area contributed by atoms with E-state index in [9.17, 15) is 9.59 Å². The van der Waals surface area contributed by atoms with Gasteiger partial charge in [-0.05, 0) is 85.3 Å². The molecular weight excluding hydrogens is 583 g/mol. The van der Waals surface area contributed by atoms with E-state index in [1.165, 1.54) is 11.0 Å². The van der Waals surface area contributed by atoms with Crippen LogP contribution in [0, 0.1) is 23.2 Å². The van der Waals surface area contributed by atoms with Crippen molar-refractivity contribution < 1.29 is 0 Å².